The van der Waals surface area contributed by atoms with Gasteiger partial charge >= 0.3 is 0 Å². The largest absolute Gasteiger partial charge is 0.394 e. The van der Waals surface area contributed by atoms with Gasteiger partial charge in [-0.2, -0.15) is 22.0 Å². The van der Waals surface area contributed by atoms with Crippen LogP contribution in [0.15, 0.2) is 10.2 Å². The Balaban J connectivity index is 3.94. The Bertz CT molecular complexity index is 535. The molecule has 15 heteroatoms. The summed E-state index contributed by atoms with van der Waals surface area (Å²) in [7, 11) is 0. The van der Waals surface area contributed by atoms with E-state index in [1.807, 2.05) is 0 Å². The van der Waals surface area contributed by atoms with Crippen molar-refractivity contribution in [1.29, 1.82) is 0 Å². The maximum Gasteiger partial charge on any atom is 0.240 e. The van der Waals surface area contributed by atoms with Crippen LogP contribution in [0, 0.1) is 0 Å². The van der Waals surface area contributed by atoms with Crippen molar-refractivity contribution in [3.8, 4) is 0 Å². The lowest BCUT2D eigenvalue weighted by atomic mass is 10.1. The van der Waals surface area contributed by atoms with Gasteiger partial charge in [-0.1, -0.05) is 0 Å². The Hall–Kier alpha value is -1.69. The average molecular weight is 471 g/mol. The van der Waals surface area contributed by atoms with Crippen molar-refractivity contribution in [1.82, 2.24) is 10.9 Å². The summed E-state index contributed by atoms with van der Waals surface area (Å²) < 4.78 is 0. The molecule has 6 unspecified atom stereocenters. The molecule has 180 valence electrons. The maximum atomic E-state index is 11.6. The smallest absolute Gasteiger partial charge is 0.240 e. The summed E-state index contributed by atoms with van der Waals surface area (Å²) in [6.45, 7) is -1.50. The fourth-order valence-corrected chi connectivity index (χ4v) is 2.63. The van der Waals surface area contributed by atoms with Crippen molar-refractivity contribution in [3.63, 3.8) is 0 Å². The number of hydrazone groups is 2. The Labute approximate surface area is 182 Å². The Morgan fingerprint density at radius 1 is 0.742 bits per heavy atom. The number of aliphatic hydroxyl groups is 8. The van der Waals surface area contributed by atoms with Gasteiger partial charge < -0.3 is 40.9 Å². The molecule has 31 heavy (non-hydrogen) atoms. The van der Waals surface area contributed by atoms with E-state index in [2.05, 4.69) is 21.1 Å². The molecule has 10 N–H and O–H groups in total. The first-order valence-electron chi connectivity index (χ1n) is 9.15. The second-order valence-electron chi connectivity index (χ2n) is 6.20. The molecule has 0 radical (unpaired) electrons. The van der Waals surface area contributed by atoms with E-state index in [0.29, 0.717) is 11.5 Å². The lowest BCUT2D eigenvalue weighted by molar-refractivity contribution is -0.121. The SMILES string of the molecule is O=C(CCSCCC(=O)N/N=C/C(O)C(O)C(O)CO)NN=CC(O)C(O)C(O)CO. The Morgan fingerprint density at radius 3 is 1.42 bits per heavy atom. The van der Waals surface area contributed by atoms with Crippen LogP contribution in [0.3, 0.4) is 0 Å². The van der Waals surface area contributed by atoms with Crippen LogP contribution in [0.25, 0.3) is 0 Å². The number of thioether (sulfide) groups is 1. The minimum Gasteiger partial charge on any atom is -0.394 e. The van der Waals surface area contributed by atoms with Gasteiger partial charge in [0, 0.05) is 24.3 Å². The minimum atomic E-state index is -1.66. The van der Waals surface area contributed by atoms with E-state index in [0.717, 1.165) is 12.4 Å². The van der Waals surface area contributed by atoms with Gasteiger partial charge in [0.15, 0.2) is 0 Å². The lowest BCUT2D eigenvalue weighted by Gasteiger charge is -2.17. The van der Waals surface area contributed by atoms with E-state index in [1.165, 1.54) is 11.8 Å². The zero-order valence-corrected chi connectivity index (χ0v) is 17.4. The van der Waals surface area contributed by atoms with Gasteiger partial charge in [-0.25, -0.2) is 10.9 Å². The van der Waals surface area contributed by atoms with Gasteiger partial charge in [-0.3, -0.25) is 9.59 Å². The average Bonchev–Trinajstić information content (AvgIpc) is 2.76. The molecule has 0 aromatic rings. The molecule has 0 aromatic carbocycles. The van der Waals surface area contributed by atoms with Crippen molar-refractivity contribution in [3.05, 3.63) is 0 Å². The third-order valence-corrected chi connectivity index (χ3v) is 4.63. The number of carbonyl (C=O) groups is 2. The number of nitrogens with one attached hydrogen (secondary N) is 2. The first-order valence-corrected chi connectivity index (χ1v) is 10.3. The van der Waals surface area contributed by atoms with Crippen molar-refractivity contribution >= 4 is 36.0 Å². The van der Waals surface area contributed by atoms with Crippen LogP contribution in [-0.4, -0.2) is 126 Å². The number of nitrogens with zero attached hydrogens (tertiary/aromatic N) is 2. The standard InChI is InChI=1S/C16H30N4O10S/c21-7-11(25)15(29)9(23)5-17-19-13(27)1-3-31-4-2-14(28)20-18-6-10(24)16(30)12(26)8-22/h5-6,9-12,15-16,21-26,29-30H,1-4,7-8H2,(H,19,27)(H,20,28)/b17-5+,18-6?. The second kappa shape index (κ2) is 16.9. The molecule has 0 aliphatic rings. The van der Waals surface area contributed by atoms with Crippen LogP contribution in [0.1, 0.15) is 12.8 Å². The summed E-state index contributed by atoms with van der Waals surface area (Å²) >= 11 is 1.29. The molecule has 0 aliphatic heterocycles. The van der Waals surface area contributed by atoms with Gasteiger partial charge in [0.1, 0.15) is 36.6 Å². The number of hydrogen-bond donors (Lipinski definition) is 10. The summed E-state index contributed by atoms with van der Waals surface area (Å²) in [5, 5.41) is 80.1. The molecule has 0 heterocycles. The number of rotatable bonds is 16. The third kappa shape index (κ3) is 13.4. The number of hydrogen-bond acceptors (Lipinski definition) is 13. The third-order valence-electron chi connectivity index (χ3n) is 3.64. The molecule has 0 aromatic heterocycles. The number of carbonyl (C=O) groups excluding carboxylic acids is 2. The highest BCUT2D eigenvalue weighted by Crippen LogP contribution is 2.04. The van der Waals surface area contributed by atoms with E-state index >= 15 is 0 Å². The summed E-state index contributed by atoms with van der Waals surface area (Å²) in [6.07, 6.45) is -7.86. The van der Waals surface area contributed by atoms with Crippen LogP contribution >= 0.6 is 11.8 Å². The van der Waals surface area contributed by atoms with Gasteiger partial charge in [-0.05, 0) is 0 Å². The monoisotopic (exact) mass is 470 g/mol. The maximum absolute atomic E-state index is 11.6. The summed E-state index contributed by atoms with van der Waals surface area (Å²) in [5.74, 6) is -0.258. The molecule has 0 fully saturated rings. The van der Waals surface area contributed by atoms with E-state index in [4.69, 9.17) is 20.4 Å². The van der Waals surface area contributed by atoms with Crippen molar-refractivity contribution < 1.29 is 50.4 Å². The fraction of sp³-hybridized carbons (Fsp3) is 0.750. The highest BCUT2D eigenvalue weighted by Gasteiger charge is 2.23. The molecule has 0 rings (SSSR count). The predicted molar refractivity (Wildman–Crippen MR) is 110 cm³/mol. The van der Waals surface area contributed by atoms with Gasteiger partial charge in [-0.15, -0.1) is 0 Å². The second-order valence-corrected chi connectivity index (χ2v) is 7.43. The quantitative estimate of drug-likeness (QED) is 0.0580. The van der Waals surface area contributed by atoms with Crippen LogP contribution in [0.5, 0.6) is 0 Å². The molecule has 6 atom stereocenters. The van der Waals surface area contributed by atoms with Crippen molar-refractivity contribution in [2.45, 2.75) is 49.5 Å². The van der Waals surface area contributed by atoms with Crippen LogP contribution in [-0.2, 0) is 9.59 Å². The lowest BCUT2D eigenvalue weighted by Crippen LogP contribution is -2.40. The molecule has 0 spiro atoms. The van der Waals surface area contributed by atoms with Crippen LogP contribution in [0.4, 0.5) is 0 Å². The van der Waals surface area contributed by atoms with E-state index in [9.17, 15) is 30.0 Å². The molecule has 2 amide bonds. The molecular formula is C16H30N4O10S. The summed E-state index contributed by atoms with van der Waals surface area (Å²) in [6, 6.07) is 0. The predicted octanol–water partition coefficient (Wildman–Crippen LogP) is -5.15. The molecule has 0 aliphatic carbocycles. The van der Waals surface area contributed by atoms with Gasteiger partial charge in [0.2, 0.25) is 11.8 Å². The Kier molecular flexibility index (Phi) is 16.0. The zero-order chi connectivity index (χ0) is 23.8. The molecule has 0 bridgehead atoms. The first-order chi connectivity index (χ1) is 14.6. The minimum absolute atomic E-state index is 0.0525. The van der Waals surface area contributed by atoms with Crippen molar-refractivity contribution in [2.24, 2.45) is 10.2 Å². The van der Waals surface area contributed by atoms with Gasteiger partial charge in [0.25, 0.3) is 0 Å². The highest BCUT2D eigenvalue weighted by molar-refractivity contribution is 7.99. The van der Waals surface area contributed by atoms with Crippen molar-refractivity contribution in [2.75, 3.05) is 24.7 Å². The van der Waals surface area contributed by atoms with Crippen LogP contribution < -0.4 is 10.9 Å². The fourth-order valence-electron chi connectivity index (χ4n) is 1.76. The van der Waals surface area contributed by atoms with Crippen LogP contribution in [0.2, 0.25) is 0 Å². The molecule has 14 nitrogen and oxygen atoms in total. The summed E-state index contributed by atoms with van der Waals surface area (Å²) in [4.78, 5) is 23.1. The van der Waals surface area contributed by atoms with E-state index in [1.54, 1.807) is 0 Å². The summed E-state index contributed by atoms with van der Waals surface area (Å²) in [5.41, 5.74) is 4.22. The topological polar surface area (TPSA) is 245 Å². The highest BCUT2D eigenvalue weighted by atomic mass is 32.2. The molecule has 0 saturated heterocycles. The Morgan fingerprint density at radius 2 is 1.10 bits per heavy atom. The molecular weight excluding hydrogens is 440 g/mol. The number of amides is 2. The molecule has 0 saturated carbocycles. The zero-order valence-electron chi connectivity index (χ0n) is 16.6. The normalized spacial score (nSPS) is 17.8. The first kappa shape index (κ1) is 29.3. The van der Waals surface area contributed by atoms with E-state index in [-0.39, 0.29) is 12.8 Å². The van der Waals surface area contributed by atoms with Gasteiger partial charge in [0.05, 0.1) is 25.6 Å². The van der Waals surface area contributed by atoms with E-state index < -0.39 is 61.7 Å². The number of aliphatic hydroxyl groups excluding tert-OH is 8.